The smallest absolute Gasteiger partial charge is 0.319 e. The number of hydrogen-bond acceptors (Lipinski definition) is 4. The molecule has 0 saturated carbocycles. The number of aliphatic hydroxyl groups is 2. The van der Waals surface area contributed by atoms with Gasteiger partial charge in [0.25, 0.3) is 0 Å². The van der Waals surface area contributed by atoms with Crippen molar-refractivity contribution in [2.45, 2.75) is 42.4 Å². The van der Waals surface area contributed by atoms with E-state index in [1.54, 1.807) is 29.2 Å². The highest BCUT2D eigenvalue weighted by atomic mass is 32.5. The SMILES string of the molecule is O=C(Nc1cc(S(F)(F)(F)(F)F)ccc1N1CCC(O)CC1)N[C@@H]1c2ccccc2C[C@@H]1O. The van der Waals surface area contributed by atoms with E-state index in [0.29, 0.717) is 30.9 Å². The molecule has 4 N–H and O–H groups in total. The Balaban J connectivity index is 1.62. The lowest BCUT2D eigenvalue weighted by atomic mass is 10.1. The number of benzene rings is 2. The van der Waals surface area contributed by atoms with Crippen LogP contribution >= 0.6 is 10.2 Å². The third-order valence-electron chi connectivity index (χ3n) is 5.96. The Morgan fingerprint density at radius 1 is 1.00 bits per heavy atom. The molecule has 2 aliphatic rings. The number of amides is 2. The zero-order valence-electron chi connectivity index (χ0n) is 17.4. The van der Waals surface area contributed by atoms with Crippen molar-refractivity contribution >= 4 is 27.6 Å². The number of fused-ring (bicyclic) bond motifs is 1. The summed E-state index contributed by atoms with van der Waals surface area (Å²) in [6, 6.07) is 6.73. The maximum Gasteiger partial charge on any atom is 0.319 e. The monoisotopic (exact) mass is 493 g/mol. The predicted octanol–water partition coefficient (Wildman–Crippen LogP) is 5.08. The number of piperidine rings is 1. The standard InChI is InChI=1S/C21H24F5N3O3S/c22-33(23,24,25,26)15-5-6-18(29-9-7-14(30)8-10-29)17(12-15)27-21(32)28-20-16-4-2-1-3-13(16)11-19(20)31/h1-6,12,14,19-20,30-31H,7-11H2,(H2,27,28,32)/t19-,20+/m0/s1. The lowest BCUT2D eigenvalue weighted by Crippen LogP contribution is -2.38. The van der Waals surface area contributed by atoms with Gasteiger partial charge in [-0.15, -0.1) is 0 Å². The molecular formula is C21H24F5N3O3S. The third-order valence-corrected chi connectivity index (χ3v) is 7.10. The quantitative estimate of drug-likeness (QED) is 0.448. The van der Waals surface area contributed by atoms with Gasteiger partial charge in [-0.25, -0.2) is 4.79 Å². The summed E-state index contributed by atoms with van der Waals surface area (Å²) in [5.74, 6) is 0. The molecule has 2 aromatic carbocycles. The Hall–Kier alpha value is -2.57. The van der Waals surface area contributed by atoms with Crippen molar-refractivity contribution in [3.05, 3.63) is 53.6 Å². The largest absolute Gasteiger partial charge is 0.393 e. The first kappa shape index (κ1) is 23.6. The molecule has 0 aromatic heterocycles. The van der Waals surface area contributed by atoms with Gasteiger partial charge in [-0.1, -0.05) is 43.7 Å². The first-order valence-electron chi connectivity index (χ1n) is 10.4. The van der Waals surface area contributed by atoms with Gasteiger partial charge in [-0.3, -0.25) is 0 Å². The molecule has 2 atom stereocenters. The van der Waals surface area contributed by atoms with Crippen LogP contribution in [0.4, 0.5) is 35.6 Å². The minimum Gasteiger partial charge on any atom is -0.393 e. The van der Waals surface area contributed by atoms with Crippen LogP contribution in [0.1, 0.15) is 30.0 Å². The van der Waals surface area contributed by atoms with Crippen LogP contribution < -0.4 is 15.5 Å². The molecule has 0 unspecified atom stereocenters. The van der Waals surface area contributed by atoms with Gasteiger partial charge in [0.1, 0.15) is 4.90 Å². The van der Waals surface area contributed by atoms with Gasteiger partial charge in [-0.05, 0) is 42.2 Å². The molecule has 182 valence electrons. The number of nitrogens with zero attached hydrogens (tertiary/aromatic N) is 1. The van der Waals surface area contributed by atoms with Crippen molar-refractivity contribution in [1.29, 1.82) is 0 Å². The van der Waals surface area contributed by atoms with Crippen molar-refractivity contribution in [3.8, 4) is 0 Å². The Kier molecular flexibility index (Phi) is 5.34. The molecule has 0 bridgehead atoms. The molecule has 12 heteroatoms. The highest BCUT2D eigenvalue weighted by Crippen LogP contribution is 3.02. The van der Waals surface area contributed by atoms with E-state index in [9.17, 15) is 34.4 Å². The number of nitrogens with one attached hydrogen (secondary N) is 2. The summed E-state index contributed by atoms with van der Waals surface area (Å²) in [4.78, 5) is 12.2. The lowest BCUT2D eigenvalue weighted by Gasteiger charge is -2.41. The van der Waals surface area contributed by atoms with Gasteiger partial charge in [0.15, 0.2) is 0 Å². The number of carbonyl (C=O) groups excluding carboxylic acids is 1. The van der Waals surface area contributed by atoms with E-state index >= 15 is 0 Å². The van der Waals surface area contributed by atoms with Crippen LogP contribution in [0.25, 0.3) is 0 Å². The summed E-state index contributed by atoms with van der Waals surface area (Å²) < 4.78 is 67.1. The molecule has 0 spiro atoms. The summed E-state index contributed by atoms with van der Waals surface area (Å²) >= 11 is 0. The maximum atomic E-state index is 13.4. The Bertz CT molecular complexity index is 1080. The summed E-state index contributed by atoms with van der Waals surface area (Å²) in [5, 5.41) is 24.8. The Morgan fingerprint density at radius 2 is 1.67 bits per heavy atom. The van der Waals surface area contributed by atoms with E-state index in [1.807, 2.05) is 0 Å². The number of urea groups is 1. The van der Waals surface area contributed by atoms with Gasteiger partial charge in [-0.2, -0.15) is 0 Å². The second-order valence-electron chi connectivity index (χ2n) is 8.41. The Morgan fingerprint density at radius 3 is 2.33 bits per heavy atom. The molecule has 0 radical (unpaired) electrons. The highest BCUT2D eigenvalue weighted by Gasteiger charge is 2.65. The lowest BCUT2D eigenvalue weighted by molar-refractivity contribution is 0.144. The summed E-state index contributed by atoms with van der Waals surface area (Å²) in [7, 11) is -9.98. The second kappa shape index (κ2) is 7.47. The van der Waals surface area contributed by atoms with E-state index in [4.69, 9.17) is 0 Å². The van der Waals surface area contributed by atoms with Crippen molar-refractivity contribution in [2.75, 3.05) is 23.3 Å². The first-order valence-corrected chi connectivity index (χ1v) is 12.3. The molecule has 1 aliphatic carbocycles. The van der Waals surface area contributed by atoms with Crippen LogP contribution in [0, 0.1) is 0 Å². The maximum absolute atomic E-state index is 13.4. The first-order chi connectivity index (χ1) is 15.2. The molecule has 2 amide bonds. The molecule has 1 aliphatic heterocycles. The molecule has 1 saturated heterocycles. The second-order valence-corrected chi connectivity index (χ2v) is 10.8. The zero-order chi connectivity index (χ0) is 24.1. The summed E-state index contributed by atoms with van der Waals surface area (Å²) in [6.07, 6.45) is -0.511. The van der Waals surface area contributed by atoms with Crippen LogP contribution in [0.2, 0.25) is 0 Å². The molecule has 6 nitrogen and oxygen atoms in total. The van der Waals surface area contributed by atoms with E-state index in [0.717, 1.165) is 11.6 Å². The highest BCUT2D eigenvalue weighted by molar-refractivity contribution is 8.45. The minimum atomic E-state index is -9.98. The van der Waals surface area contributed by atoms with Crippen molar-refractivity contribution < 1.29 is 34.4 Å². The van der Waals surface area contributed by atoms with E-state index in [2.05, 4.69) is 10.6 Å². The van der Waals surface area contributed by atoms with Gasteiger partial charge in [0.05, 0.1) is 29.6 Å². The van der Waals surface area contributed by atoms with E-state index < -0.39 is 45.1 Å². The molecular weight excluding hydrogens is 469 g/mol. The number of carbonyl (C=O) groups is 1. The fraction of sp³-hybridized carbons (Fsp3) is 0.381. The number of halogens is 5. The average molecular weight is 493 g/mol. The number of aliphatic hydroxyl groups excluding tert-OH is 2. The van der Waals surface area contributed by atoms with Crippen LogP contribution in [0.3, 0.4) is 0 Å². The third kappa shape index (κ3) is 5.17. The average Bonchev–Trinajstić information content (AvgIpc) is 3.02. The van der Waals surface area contributed by atoms with Gasteiger partial charge < -0.3 is 25.7 Å². The number of anilines is 2. The van der Waals surface area contributed by atoms with Crippen LogP contribution in [-0.2, 0) is 6.42 Å². The van der Waals surface area contributed by atoms with Gasteiger partial charge in [0, 0.05) is 19.5 Å². The summed E-state index contributed by atoms with van der Waals surface area (Å²) in [6.45, 7) is 0.559. The molecule has 1 fully saturated rings. The van der Waals surface area contributed by atoms with Crippen LogP contribution in [0.15, 0.2) is 47.4 Å². The predicted molar refractivity (Wildman–Crippen MR) is 116 cm³/mol. The van der Waals surface area contributed by atoms with Crippen molar-refractivity contribution in [1.82, 2.24) is 5.32 Å². The van der Waals surface area contributed by atoms with E-state index in [-0.39, 0.29) is 24.8 Å². The number of rotatable bonds is 4. The molecule has 33 heavy (non-hydrogen) atoms. The molecule has 4 rings (SSSR count). The van der Waals surface area contributed by atoms with Crippen molar-refractivity contribution in [3.63, 3.8) is 0 Å². The fourth-order valence-electron chi connectivity index (χ4n) is 4.29. The minimum absolute atomic E-state index is 0.134. The van der Waals surface area contributed by atoms with Crippen LogP contribution in [-0.4, -0.2) is 41.5 Å². The zero-order valence-corrected chi connectivity index (χ0v) is 18.2. The Labute approximate surface area is 187 Å². The number of hydrogen-bond donors (Lipinski definition) is 4. The molecule has 2 aromatic rings. The van der Waals surface area contributed by atoms with E-state index in [1.165, 1.54) is 0 Å². The normalized spacial score (nSPS) is 23.4. The van der Waals surface area contributed by atoms with Crippen LogP contribution in [0.5, 0.6) is 0 Å². The topological polar surface area (TPSA) is 84.8 Å². The van der Waals surface area contributed by atoms with Gasteiger partial charge >= 0.3 is 16.3 Å². The fourth-order valence-corrected chi connectivity index (χ4v) is 4.95. The molecule has 1 heterocycles. The summed E-state index contributed by atoms with van der Waals surface area (Å²) in [5.41, 5.74) is 1.20. The van der Waals surface area contributed by atoms with Gasteiger partial charge in [0.2, 0.25) is 0 Å². The van der Waals surface area contributed by atoms with Crippen molar-refractivity contribution in [2.24, 2.45) is 0 Å².